The van der Waals surface area contributed by atoms with Crippen molar-refractivity contribution in [1.29, 1.82) is 0 Å². The van der Waals surface area contributed by atoms with E-state index in [1.54, 1.807) is 6.92 Å². The second-order valence-corrected chi connectivity index (χ2v) is 6.35. The van der Waals surface area contributed by atoms with Crippen LogP contribution in [0.15, 0.2) is 41.6 Å². The number of oxime groups is 1. The van der Waals surface area contributed by atoms with Crippen LogP contribution in [0.5, 0.6) is 0 Å². The van der Waals surface area contributed by atoms with Crippen molar-refractivity contribution >= 4 is 17.4 Å². The molecular weight excluding hydrogens is 314 g/mol. The maximum atomic E-state index is 12.3. The molecule has 0 fully saturated rings. The van der Waals surface area contributed by atoms with Crippen LogP contribution in [0, 0.1) is 27.7 Å². The molecule has 1 atom stereocenters. The number of rotatable bonds is 5. The van der Waals surface area contributed by atoms with Crippen LogP contribution in [0.1, 0.15) is 34.7 Å². The Morgan fingerprint density at radius 1 is 1.04 bits per heavy atom. The normalized spacial score (nSPS) is 12.6. The van der Waals surface area contributed by atoms with Crippen molar-refractivity contribution in [3.8, 4) is 0 Å². The Balaban J connectivity index is 2.03. The Labute approximate surface area is 148 Å². The minimum Gasteiger partial charge on any atom is -0.381 e. The van der Waals surface area contributed by atoms with E-state index in [0.29, 0.717) is 0 Å². The first-order valence-electron chi connectivity index (χ1n) is 8.23. The van der Waals surface area contributed by atoms with Crippen molar-refractivity contribution in [2.75, 3.05) is 5.32 Å². The average molecular weight is 339 g/mol. The molecule has 25 heavy (non-hydrogen) atoms. The molecule has 5 nitrogen and oxygen atoms in total. The summed E-state index contributed by atoms with van der Waals surface area (Å²) in [5.41, 5.74) is 11.8. The molecule has 0 aliphatic carbocycles. The first kappa shape index (κ1) is 18.5. The summed E-state index contributed by atoms with van der Waals surface area (Å²) in [4.78, 5) is 17.6. The van der Waals surface area contributed by atoms with E-state index >= 15 is 0 Å². The van der Waals surface area contributed by atoms with Crippen molar-refractivity contribution in [3.63, 3.8) is 0 Å². The van der Waals surface area contributed by atoms with Crippen LogP contribution in [0.4, 0.5) is 5.69 Å². The summed E-state index contributed by atoms with van der Waals surface area (Å²) in [6, 6.07) is 11.7. The van der Waals surface area contributed by atoms with Gasteiger partial charge in [-0.15, -0.1) is 0 Å². The average Bonchev–Trinajstić information content (AvgIpc) is 2.56. The van der Waals surface area contributed by atoms with Crippen molar-refractivity contribution < 1.29 is 9.63 Å². The summed E-state index contributed by atoms with van der Waals surface area (Å²) in [7, 11) is 0. The molecule has 1 amide bonds. The van der Waals surface area contributed by atoms with Crippen LogP contribution in [0.25, 0.3) is 0 Å². The molecule has 0 radical (unpaired) electrons. The number of benzene rings is 2. The quantitative estimate of drug-likeness (QED) is 0.496. The van der Waals surface area contributed by atoms with E-state index in [1.165, 1.54) is 0 Å². The number of aryl methyl sites for hydroxylation is 4. The molecule has 0 spiro atoms. The van der Waals surface area contributed by atoms with Crippen LogP contribution in [-0.4, -0.2) is 17.8 Å². The van der Waals surface area contributed by atoms with E-state index in [2.05, 4.69) is 10.5 Å². The Hall–Kier alpha value is -2.82. The lowest BCUT2D eigenvalue weighted by Crippen LogP contribution is -2.28. The van der Waals surface area contributed by atoms with Gasteiger partial charge in [0.25, 0.3) is 5.91 Å². The molecule has 132 valence electrons. The second kappa shape index (κ2) is 7.83. The molecule has 0 unspecified atom stereocenters. The zero-order valence-corrected chi connectivity index (χ0v) is 15.4. The molecule has 2 aromatic carbocycles. The third-order valence-corrected chi connectivity index (χ3v) is 3.95. The summed E-state index contributed by atoms with van der Waals surface area (Å²) in [5, 5.41) is 6.78. The van der Waals surface area contributed by atoms with Gasteiger partial charge in [0.2, 0.25) is 6.10 Å². The van der Waals surface area contributed by atoms with Gasteiger partial charge in [0.05, 0.1) is 0 Å². The standard InChI is InChI=1S/C20H25N3O2/c1-12-6-8-17(9-7-12)19(21)23-25-16(5)20(24)22-18-14(3)10-13(2)11-15(18)4/h6-11,16H,1-5H3,(H2,21,23)(H,22,24)/t16-/m0/s1. The van der Waals surface area contributed by atoms with Crippen LogP contribution in [0.3, 0.4) is 0 Å². The highest BCUT2D eigenvalue weighted by Gasteiger charge is 2.17. The molecule has 0 heterocycles. The molecule has 0 saturated heterocycles. The van der Waals surface area contributed by atoms with Gasteiger partial charge in [-0.05, 0) is 45.7 Å². The summed E-state index contributed by atoms with van der Waals surface area (Å²) in [6.45, 7) is 9.60. The van der Waals surface area contributed by atoms with Crippen LogP contribution in [-0.2, 0) is 9.63 Å². The molecule has 0 aromatic heterocycles. The lowest BCUT2D eigenvalue weighted by molar-refractivity contribution is -0.126. The molecule has 0 aliphatic heterocycles. The highest BCUT2D eigenvalue weighted by Crippen LogP contribution is 2.22. The summed E-state index contributed by atoms with van der Waals surface area (Å²) in [6.07, 6.45) is -0.760. The number of anilines is 1. The van der Waals surface area contributed by atoms with Gasteiger partial charge in [-0.3, -0.25) is 4.79 Å². The van der Waals surface area contributed by atoms with E-state index in [9.17, 15) is 4.79 Å². The maximum Gasteiger partial charge on any atom is 0.268 e. The van der Waals surface area contributed by atoms with E-state index in [-0.39, 0.29) is 11.7 Å². The van der Waals surface area contributed by atoms with Crippen molar-refractivity contribution in [1.82, 2.24) is 0 Å². The Bertz CT molecular complexity index is 772. The van der Waals surface area contributed by atoms with Gasteiger partial charge < -0.3 is 15.9 Å². The van der Waals surface area contributed by atoms with Gasteiger partial charge in [0.15, 0.2) is 5.84 Å². The van der Waals surface area contributed by atoms with Crippen LogP contribution < -0.4 is 11.1 Å². The minimum absolute atomic E-state index is 0.238. The van der Waals surface area contributed by atoms with E-state index in [1.807, 2.05) is 64.1 Å². The lowest BCUT2D eigenvalue weighted by Gasteiger charge is -2.15. The Morgan fingerprint density at radius 2 is 1.60 bits per heavy atom. The number of nitrogens with two attached hydrogens (primary N) is 1. The number of hydrogen-bond donors (Lipinski definition) is 2. The smallest absolute Gasteiger partial charge is 0.268 e. The maximum absolute atomic E-state index is 12.3. The minimum atomic E-state index is -0.760. The van der Waals surface area contributed by atoms with Gasteiger partial charge in [-0.25, -0.2) is 0 Å². The number of amides is 1. The fraction of sp³-hybridized carbons (Fsp3) is 0.300. The van der Waals surface area contributed by atoms with Crippen LogP contribution >= 0.6 is 0 Å². The molecule has 2 aromatic rings. The van der Waals surface area contributed by atoms with Gasteiger partial charge in [-0.1, -0.05) is 52.7 Å². The van der Waals surface area contributed by atoms with Crippen LogP contribution in [0.2, 0.25) is 0 Å². The van der Waals surface area contributed by atoms with Gasteiger partial charge >= 0.3 is 0 Å². The molecule has 3 N–H and O–H groups in total. The Kier molecular flexibility index (Phi) is 5.80. The largest absolute Gasteiger partial charge is 0.381 e. The third kappa shape index (κ3) is 4.83. The number of nitrogens with one attached hydrogen (secondary N) is 1. The predicted molar refractivity (Wildman–Crippen MR) is 102 cm³/mol. The van der Waals surface area contributed by atoms with Crippen molar-refractivity contribution in [3.05, 3.63) is 64.2 Å². The molecule has 2 rings (SSSR count). The van der Waals surface area contributed by atoms with Gasteiger partial charge in [0.1, 0.15) is 0 Å². The van der Waals surface area contributed by atoms with E-state index in [0.717, 1.165) is 33.5 Å². The van der Waals surface area contributed by atoms with E-state index in [4.69, 9.17) is 10.6 Å². The molecular formula is C20H25N3O2. The summed E-state index contributed by atoms with van der Waals surface area (Å²) in [5.74, 6) is -0.0298. The highest BCUT2D eigenvalue weighted by molar-refractivity contribution is 5.97. The van der Waals surface area contributed by atoms with Gasteiger partial charge in [-0.2, -0.15) is 0 Å². The third-order valence-electron chi connectivity index (χ3n) is 3.95. The van der Waals surface area contributed by atoms with E-state index < -0.39 is 6.10 Å². The van der Waals surface area contributed by atoms with Gasteiger partial charge in [0, 0.05) is 11.3 Å². The number of hydrogen-bond acceptors (Lipinski definition) is 3. The lowest BCUT2D eigenvalue weighted by atomic mass is 10.0. The summed E-state index contributed by atoms with van der Waals surface area (Å²) >= 11 is 0. The van der Waals surface area contributed by atoms with Crippen molar-refractivity contribution in [2.24, 2.45) is 10.9 Å². The highest BCUT2D eigenvalue weighted by atomic mass is 16.6. The predicted octanol–water partition coefficient (Wildman–Crippen LogP) is 3.58. The number of carbonyl (C=O) groups excluding carboxylic acids is 1. The molecule has 0 bridgehead atoms. The number of amidine groups is 1. The Morgan fingerprint density at radius 3 is 2.16 bits per heavy atom. The SMILES string of the molecule is Cc1ccc(/C(N)=N/O[C@@H](C)C(=O)Nc2c(C)cc(C)cc2C)cc1. The number of carbonyl (C=O) groups is 1. The second-order valence-electron chi connectivity index (χ2n) is 6.35. The molecule has 5 heteroatoms. The fourth-order valence-electron chi connectivity index (χ4n) is 2.56. The zero-order chi connectivity index (χ0) is 18.6. The number of nitrogens with zero attached hydrogens (tertiary/aromatic N) is 1. The first-order valence-corrected chi connectivity index (χ1v) is 8.23. The summed E-state index contributed by atoms with van der Waals surface area (Å²) < 4.78 is 0. The first-order chi connectivity index (χ1) is 11.8. The fourth-order valence-corrected chi connectivity index (χ4v) is 2.56. The molecule has 0 saturated carbocycles. The monoisotopic (exact) mass is 339 g/mol. The molecule has 0 aliphatic rings. The topological polar surface area (TPSA) is 76.7 Å². The zero-order valence-electron chi connectivity index (χ0n) is 15.4. The van der Waals surface area contributed by atoms with Crippen molar-refractivity contribution in [2.45, 2.75) is 40.7 Å².